The second kappa shape index (κ2) is 13.3. The van der Waals surface area contributed by atoms with Crippen molar-refractivity contribution in [3.8, 4) is 12.3 Å². The third-order valence-electron chi connectivity index (χ3n) is 4.53. The van der Waals surface area contributed by atoms with Crippen LogP contribution in [0.25, 0.3) is 0 Å². The molecule has 0 aromatic heterocycles. The number of carbonyl (C=O) groups excluding carboxylic acids is 2. The van der Waals surface area contributed by atoms with Gasteiger partial charge in [0, 0.05) is 24.1 Å². The zero-order valence-electron chi connectivity index (χ0n) is 17.6. The maximum absolute atomic E-state index is 12.1. The maximum atomic E-state index is 12.1. The van der Waals surface area contributed by atoms with Gasteiger partial charge < -0.3 is 26.0 Å². The average Bonchev–Trinajstić information content (AvgIpc) is 2.77. The molecule has 12 nitrogen and oxygen atoms in total. The Bertz CT molecular complexity index is 909. The summed E-state index contributed by atoms with van der Waals surface area (Å²) in [6.45, 7) is 0.204. The number of carboxylic acids is 3. The smallest absolute Gasteiger partial charge is 0.342 e. The second-order valence-electron chi connectivity index (χ2n) is 6.94. The first-order valence-corrected chi connectivity index (χ1v) is 9.87. The summed E-state index contributed by atoms with van der Waals surface area (Å²) in [6.07, 6.45) is 4.61. The molecule has 0 radical (unpaired) electrons. The first kappa shape index (κ1) is 26.9. The van der Waals surface area contributed by atoms with E-state index in [1.165, 1.54) is 0 Å². The van der Waals surface area contributed by atoms with Gasteiger partial charge in [0.2, 0.25) is 0 Å². The number of amides is 3. The topological polar surface area (TPSA) is 194 Å². The standard InChI is InChI=1S/C21H25N3O9/c1-2-13-6-8-14(9-7-13)18(27)22-12-4-3-5-16(20(30)31)24(33)21(32)23-15(19(28)29)10-11-17(25)26/h1,6-9,15-16,33H,3-5,10-12H2,(H,22,27)(H,23,32)(H,25,26)(H,28,29)(H,30,31)/t15-,16-/m0/s1. The molecule has 1 rings (SSSR count). The second-order valence-corrected chi connectivity index (χ2v) is 6.94. The van der Waals surface area contributed by atoms with Crippen LogP contribution in [0.2, 0.25) is 0 Å². The zero-order chi connectivity index (χ0) is 25.0. The molecule has 178 valence electrons. The third-order valence-corrected chi connectivity index (χ3v) is 4.53. The predicted molar refractivity (Wildman–Crippen MR) is 112 cm³/mol. The van der Waals surface area contributed by atoms with Crippen molar-refractivity contribution in [1.82, 2.24) is 15.7 Å². The van der Waals surface area contributed by atoms with Crippen LogP contribution in [0.3, 0.4) is 0 Å². The van der Waals surface area contributed by atoms with Crippen molar-refractivity contribution < 1.29 is 44.5 Å². The number of benzene rings is 1. The Kier molecular flexibility index (Phi) is 10.9. The number of nitrogens with zero attached hydrogens (tertiary/aromatic N) is 1. The van der Waals surface area contributed by atoms with E-state index in [1.807, 2.05) is 5.32 Å². The fraction of sp³-hybridized carbons (Fsp3) is 0.381. The monoisotopic (exact) mass is 463 g/mol. The summed E-state index contributed by atoms with van der Waals surface area (Å²) in [5, 5.41) is 41.3. The molecular weight excluding hydrogens is 438 g/mol. The van der Waals surface area contributed by atoms with E-state index in [2.05, 4.69) is 11.2 Å². The van der Waals surface area contributed by atoms with Gasteiger partial charge in [-0.05, 0) is 49.9 Å². The highest BCUT2D eigenvalue weighted by molar-refractivity contribution is 5.94. The quantitative estimate of drug-likeness (QED) is 0.106. The molecule has 0 aliphatic rings. The Labute approximate surface area is 189 Å². The lowest BCUT2D eigenvalue weighted by Crippen LogP contribution is -2.52. The highest BCUT2D eigenvalue weighted by Crippen LogP contribution is 2.10. The van der Waals surface area contributed by atoms with E-state index in [1.54, 1.807) is 24.3 Å². The number of nitrogens with one attached hydrogen (secondary N) is 2. The number of hydroxylamine groups is 2. The summed E-state index contributed by atoms with van der Waals surface area (Å²) in [7, 11) is 0. The van der Waals surface area contributed by atoms with Crippen molar-refractivity contribution in [2.24, 2.45) is 0 Å². The fourth-order valence-corrected chi connectivity index (χ4v) is 2.72. The largest absolute Gasteiger partial charge is 0.481 e. The molecule has 1 aromatic rings. The van der Waals surface area contributed by atoms with Crippen LogP contribution in [0.15, 0.2) is 24.3 Å². The van der Waals surface area contributed by atoms with Crippen molar-refractivity contribution >= 4 is 29.8 Å². The Morgan fingerprint density at radius 1 is 0.970 bits per heavy atom. The summed E-state index contributed by atoms with van der Waals surface area (Å²) in [4.78, 5) is 57.3. The number of urea groups is 1. The van der Waals surface area contributed by atoms with Crippen LogP contribution in [0.5, 0.6) is 0 Å². The number of hydrogen-bond donors (Lipinski definition) is 6. The molecule has 0 fully saturated rings. The minimum Gasteiger partial charge on any atom is -0.481 e. The zero-order valence-corrected chi connectivity index (χ0v) is 17.6. The highest BCUT2D eigenvalue weighted by atomic mass is 16.5. The molecule has 1 aromatic carbocycles. The molecule has 0 bridgehead atoms. The molecule has 0 aliphatic heterocycles. The molecular formula is C21H25N3O9. The number of hydrogen-bond acceptors (Lipinski definition) is 6. The number of terminal acetylenes is 1. The van der Waals surface area contributed by atoms with Gasteiger partial charge in [0.1, 0.15) is 6.04 Å². The Balaban J connectivity index is 2.52. The predicted octanol–water partition coefficient (Wildman–Crippen LogP) is 0.740. The molecule has 12 heteroatoms. The maximum Gasteiger partial charge on any atom is 0.342 e. The molecule has 0 unspecified atom stereocenters. The lowest BCUT2D eigenvalue weighted by atomic mass is 10.1. The Morgan fingerprint density at radius 3 is 2.12 bits per heavy atom. The summed E-state index contributed by atoms with van der Waals surface area (Å²) in [6, 6.07) is 1.67. The van der Waals surface area contributed by atoms with E-state index >= 15 is 0 Å². The first-order chi connectivity index (χ1) is 15.6. The van der Waals surface area contributed by atoms with Crippen LogP contribution in [0, 0.1) is 12.3 Å². The van der Waals surface area contributed by atoms with Crippen LogP contribution >= 0.6 is 0 Å². The van der Waals surface area contributed by atoms with Crippen molar-refractivity contribution in [2.45, 2.75) is 44.2 Å². The van der Waals surface area contributed by atoms with E-state index < -0.39 is 48.9 Å². The minimum atomic E-state index is -1.68. The highest BCUT2D eigenvalue weighted by Gasteiger charge is 2.31. The number of aliphatic carboxylic acids is 3. The third kappa shape index (κ3) is 9.28. The molecule has 33 heavy (non-hydrogen) atoms. The lowest BCUT2D eigenvalue weighted by molar-refractivity contribution is -0.157. The summed E-state index contributed by atoms with van der Waals surface area (Å²) in [5.74, 6) is -2.26. The fourth-order valence-electron chi connectivity index (χ4n) is 2.72. The summed E-state index contributed by atoms with van der Waals surface area (Å²) >= 11 is 0. The molecule has 0 heterocycles. The molecule has 2 atom stereocenters. The van der Waals surface area contributed by atoms with Gasteiger partial charge in [-0.3, -0.25) is 14.8 Å². The van der Waals surface area contributed by atoms with Gasteiger partial charge in [0.25, 0.3) is 5.91 Å². The van der Waals surface area contributed by atoms with Gasteiger partial charge in [-0.15, -0.1) is 6.42 Å². The van der Waals surface area contributed by atoms with E-state index in [0.717, 1.165) is 0 Å². The average molecular weight is 463 g/mol. The number of carboxylic acid groups (broad SMARTS) is 3. The Morgan fingerprint density at radius 2 is 1.61 bits per heavy atom. The molecule has 0 aliphatic carbocycles. The minimum absolute atomic E-state index is 0.134. The van der Waals surface area contributed by atoms with Crippen LogP contribution < -0.4 is 10.6 Å². The van der Waals surface area contributed by atoms with Gasteiger partial charge in [-0.2, -0.15) is 5.06 Å². The van der Waals surface area contributed by atoms with Crippen molar-refractivity contribution in [3.63, 3.8) is 0 Å². The van der Waals surface area contributed by atoms with Crippen molar-refractivity contribution in [3.05, 3.63) is 35.4 Å². The van der Waals surface area contributed by atoms with Crippen molar-refractivity contribution in [2.75, 3.05) is 6.54 Å². The molecule has 6 N–H and O–H groups in total. The Hall–Kier alpha value is -4.11. The van der Waals surface area contributed by atoms with E-state index in [4.69, 9.17) is 16.6 Å². The lowest BCUT2D eigenvalue weighted by Gasteiger charge is -2.24. The molecule has 0 spiro atoms. The van der Waals surface area contributed by atoms with Crippen LogP contribution in [-0.4, -0.2) is 74.1 Å². The van der Waals surface area contributed by atoms with E-state index in [-0.39, 0.29) is 30.4 Å². The number of unbranched alkanes of at least 4 members (excludes halogenated alkanes) is 1. The van der Waals surface area contributed by atoms with Gasteiger partial charge in [0.05, 0.1) is 0 Å². The van der Waals surface area contributed by atoms with E-state index in [9.17, 15) is 34.3 Å². The SMILES string of the molecule is C#Cc1ccc(C(=O)NCCCC[C@@H](C(=O)O)N(O)C(=O)N[C@@H](CCC(=O)O)C(=O)O)cc1. The molecule has 0 saturated heterocycles. The summed E-state index contributed by atoms with van der Waals surface area (Å²) in [5.41, 5.74) is 1.02. The van der Waals surface area contributed by atoms with Crippen LogP contribution in [0.4, 0.5) is 4.79 Å². The van der Waals surface area contributed by atoms with Gasteiger partial charge >= 0.3 is 23.9 Å². The normalized spacial score (nSPS) is 12.0. The first-order valence-electron chi connectivity index (χ1n) is 9.87. The van der Waals surface area contributed by atoms with Crippen LogP contribution in [-0.2, 0) is 14.4 Å². The van der Waals surface area contributed by atoms with Gasteiger partial charge in [0.15, 0.2) is 6.04 Å². The molecule has 0 saturated carbocycles. The number of rotatable bonds is 13. The van der Waals surface area contributed by atoms with Crippen LogP contribution in [0.1, 0.15) is 48.0 Å². The molecule has 3 amide bonds. The number of carbonyl (C=O) groups is 5. The summed E-state index contributed by atoms with van der Waals surface area (Å²) < 4.78 is 0. The van der Waals surface area contributed by atoms with Gasteiger partial charge in [-0.1, -0.05) is 5.92 Å². The van der Waals surface area contributed by atoms with Crippen molar-refractivity contribution in [1.29, 1.82) is 0 Å². The van der Waals surface area contributed by atoms with E-state index in [0.29, 0.717) is 17.5 Å². The van der Waals surface area contributed by atoms with Gasteiger partial charge in [-0.25, -0.2) is 14.4 Å².